The molecule has 0 saturated carbocycles. The predicted octanol–water partition coefficient (Wildman–Crippen LogP) is 2.73. The monoisotopic (exact) mass is 455 g/mol. The number of fused-ring (bicyclic) bond motifs is 2. The second kappa shape index (κ2) is 8.22. The molecule has 34 heavy (non-hydrogen) atoms. The lowest BCUT2D eigenvalue weighted by Gasteiger charge is -2.35. The van der Waals surface area contributed by atoms with Crippen molar-refractivity contribution in [2.45, 2.75) is 31.9 Å². The normalized spacial score (nSPS) is 18.1. The fraction of sp³-hybridized carbons (Fsp3) is 0.192. The molecule has 1 aliphatic rings. The molecule has 0 unspecified atom stereocenters. The lowest BCUT2D eigenvalue weighted by molar-refractivity contribution is -0.164. The van der Waals surface area contributed by atoms with E-state index in [0.717, 1.165) is 20.9 Å². The van der Waals surface area contributed by atoms with Crippen LogP contribution in [0.5, 0.6) is 0 Å². The summed E-state index contributed by atoms with van der Waals surface area (Å²) in [4.78, 5) is 56.9. The highest BCUT2D eigenvalue weighted by Gasteiger charge is 2.54. The second-order valence-corrected chi connectivity index (χ2v) is 8.32. The van der Waals surface area contributed by atoms with Crippen molar-refractivity contribution < 1.29 is 19.1 Å². The van der Waals surface area contributed by atoms with E-state index in [0.29, 0.717) is 5.52 Å². The maximum atomic E-state index is 13.8. The Morgan fingerprint density at radius 2 is 1.71 bits per heavy atom. The van der Waals surface area contributed by atoms with E-state index in [1.165, 1.54) is 0 Å². The van der Waals surface area contributed by atoms with Crippen LogP contribution in [0.4, 0.5) is 0 Å². The van der Waals surface area contributed by atoms with E-state index in [1.807, 2.05) is 30.3 Å². The summed E-state index contributed by atoms with van der Waals surface area (Å²) in [5.41, 5.74) is -1.41. The van der Waals surface area contributed by atoms with E-state index in [4.69, 9.17) is 4.74 Å². The number of nitrogens with one attached hydrogen (secondary N) is 1. The molecular formula is C26H21N3O5. The quantitative estimate of drug-likeness (QED) is 0.219. The van der Waals surface area contributed by atoms with Crippen LogP contribution in [0.15, 0.2) is 71.5 Å². The molecule has 1 aromatic heterocycles. The maximum absolute atomic E-state index is 13.8. The Bertz CT molecular complexity index is 1530. The molecule has 4 aromatic rings. The molecule has 3 aromatic carbocycles. The van der Waals surface area contributed by atoms with Gasteiger partial charge in [0.05, 0.1) is 10.9 Å². The van der Waals surface area contributed by atoms with Crippen LogP contribution in [0.2, 0.25) is 0 Å². The number of amides is 2. The number of aromatic nitrogens is 2. The first-order valence-electron chi connectivity index (χ1n) is 10.9. The van der Waals surface area contributed by atoms with Gasteiger partial charge in [-0.05, 0) is 41.8 Å². The Labute approximate surface area is 194 Å². The third-order valence-electron chi connectivity index (χ3n) is 6.18. The van der Waals surface area contributed by atoms with Gasteiger partial charge < -0.3 is 4.74 Å². The predicted molar refractivity (Wildman–Crippen MR) is 125 cm³/mol. The molecule has 2 heterocycles. The molecule has 0 radical (unpaired) electrons. The SMILES string of the molecule is Cc1nc2cc3ccccc3cc2c(=O)n1[C@]1(C(=O)OCc2ccccc2)CCC(=O)NC1=O. The van der Waals surface area contributed by atoms with Crippen molar-refractivity contribution in [3.63, 3.8) is 0 Å². The van der Waals surface area contributed by atoms with Crippen LogP contribution in [-0.4, -0.2) is 27.3 Å². The molecule has 1 saturated heterocycles. The number of esters is 1. The van der Waals surface area contributed by atoms with Crippen LogP contribution in [0.1, 0.15) is 24.2 Å². The number of hydrogen-bond acceptors (Lipinski definition) is 6. The minimum atomic E-state index is -2.04. The summed E-state index contributed by atoms with van der Waals surface area (Å²) < 4.78 is 6.61. The third kappa shape index (κ3) is 3.44. The van der Waals surface area contributed by atoms with Crippen molar-refractivity contribution in [1.82, 2.24) is 14.9 Å². The summed E-state index contributed by atoms with van der Waals surface area (Å²) in [7, 11) is 0. The maximum Gasteiger partial charge on any atom is 0.342 e. The van der Waals surface area contributed by atoms with E-state index in [1.54, 1.807) is 43.3 Å². The highest BCUT2D eigenvalue weighted by atomic mass is 16.5. The summed E-state index contributed by atoms with van der Waals surface area (Å²) in [5, 5.41) is 4.22. The van der Waals surface area contributed by atoms with Gasteiger partial charge in [0.25, 0.3) is 11.5 Å². The van der Waals surface area contributed by atoms with Gasteiger partial charge in [-0.2, -0.15) is 0 Å². The van der Waals surface area contributed by atoms with E-state index >= 15 is 0 Å². The third-order valence-corrected chi connectivity index (χ3v) is 6.18. The van der Waals surface area contributed by atoms with Crippen LogP contribution in [0.25, 0.3) is 21.7 Å². The molecule has 1 N–H and O–H groups in total. The summed E-state index contributed by atoms with van der Waals surface area (Å²) in [6, 6.07) is 20.0. The summed E-state index contributed by atoms with van der Waals surface area (Å²) in [6.45, 7) is 1.48. The van der Waals surface area contributed by atoms with Crippen molar-refractivity contribution in [3.05, 3.63) is 88.5 Å². The number of rotatable bonds is 4. The van der Waals surface area contributed by atoms with Gasteiger partial charge in [-0.1, -0.05) is 54.6 Å². The molecule has 0 aliphatic carbocycles. The average Bonchev–Trinajstić information content (AvgIpc) is 2.83. The van der Waals surface area contributed by atoms with Crippen LogP contribution >= 0.6 is 0 Å². The number of hydrogen-bond donors (Lipinski definition) is 1. The molecule has 170 valence electrons. The van der Waals surface area contributed by atoms with Gasteiger partial charge in [0.15, 0.2) is 0 Å². The number of piperidine rings is 1. The van der Waals surface area contributed by atoms with Gasteiger partial charge in [-0.15, -0.1) is 0 Å². The molecule has 1 fully saturated rings. The summed E-state index contributed by atoms with van der Waals surface area (Å²) in [6.07, 6.45) is -0.319. The van der Waals surface area contributed by atoms with Gasteiger partial charge in [0.1, 0.15) is 12.4 Å². The lowest BCUT2D eigenvalue weighted by atomic mass is 9.87. The lowest BCUT2D eigenvalue weighted by Crippen LogP contribution is -2.62. The van der Waals surface area contributed by atoms with Crippen LogP contribution in [0, 0.1) is 6.92 Å². The first kappa shape index (κ1) is 21.5. The average molecular weight is 455 g/mol. The minimum Gasteiger partial charge on any atom is -0.459 e. The zero-order valence-electron chi connectivity index (χ0n) is 18.4. The molecule has 8 nitrogen and oxygen atoms in total. The molecule has 8 heteroatoms. The Morgan fingerprint density at radius 1 is 1.03 bits per heavy atom. The van der Waals surface area contributed by atoms with Crippen LogP contribution in [-0.2, 0) is 31.3 Å². The molecule has 0 spiro atoms. The molecule has 1 atom stereocenters. The first-order valence-corrected chi connectivity index (χ1v) is 10.9. The van der Waals surface area contributed by atoms with E-state index < -0.39 is 28.9 Å². The van der Waals surface area contributed by atoms with Crippen LogP contribution in [0.3, 0.4) is 0 Å². The highest BCUT2D eigenvalue weighted by molar-refractivity contribution is 6.13. The molecule has 1 aliphatic heterocycles. The zero-order chi connectivity index (χ0) is 23.9. The molecule has 2 amide bonds. The van der Waals surface area contributed by atoms with E-state index in [-0.39, 0.29) is 30.7 Å². The Kier molecular flexibility index (Phi) is 5.20. The van der Waals surface area contributed by atoms with Gasteiger partial charge in [0, 0.05) is 6.42 Å². The number of nitrogens with zero attached hydrogens (tertiary/aromatic N) is 2. The minimum absolute atomic E-state index is 0.0813. The van der Waals surface area contributed by atoms with Gasteiger partial charge in [-0.25, -0.2) is 9.78 Å². The second-order valence-electron chi connectivity index (χ2n) is 8.32. The number of imide groups is 1. The van der Waals surface area contributed by atoms with E-state index in [2.05, 4.69) is 10.3 Å². The fourth-order valence-corrected chi connectivity index (χ4v) is 4.48. The number of benzene rings is 3. The number of aryl methyl sites for hydroxylation is 1. The Balaban J connectivity index is 1.68. The standard InChI is InChI=1S/C26H21N3O5/c1-16-27-21-14-19-10-6-5-9-18(19)13-20(21)23(31)29(16)26(12-11-22(30)28-24(26)32)25(33)34-15-17-7-3-2-4-8-17/h2-10,13-14H,11-12,15H2,1H3,(H,28,30,32)/t26-/m1/s1. The molecular weight excluding hydrogens is 434 g/mol. The van der Waals surface area contributed by atoms with Gasteiger partial charge in [-0.3, -0.25) is 24.3 Å². The van der Waals surface area contributed by atoms with Crippen LogP contribution < -0.4 is 10.9 Å². The van der Waals surface area contributed by atoms with Crippen molar-refractivity contribution in [2.24, 2.45) is 0 Å². The smallest absolute Gasteiger partial charge is 0.342 e. The van der Waals surface area contributed by atoms with E-state index in [9.17, 15) is 19.2 Å². The zero-order valence-corrected chi connectivity index (χ0v) is 18.4. The largest absolute Gasteiger partial charge is 0.459 e. The highest BCUT2D eigenvalue weighted by Crippen LogP contribution is 2.30. The number of carbonyl (C=O) groups excluding carboxylic acids is 3. The molecule has 5 rings (SSSR count). The van der Waals surface area contributed by atoms with Crippen molar-refractivity contribution in [3.8, 4) is 0 Å². The van der Waals surface area contributed by atoms with Gasteiger partial charge in [0.2, 0.25) is 11.4 Å². The molecule has 0 bridgehead atoms. The fourth-order valence-electron chi connectivity index (χ4n) is 4.48. The van der Waals surface area contributed by atoms with Gasteiger partial charge >= 0.3 is 5.97 Å². The van der Waals surface area contributed by atoms with Crippen molar-refractivity contribution >= 4 is 39.5 Å². The topological polar surface area (TPSA) is 107 Å². The Hall–Kier alpha value is -4.33. The number of carbonyl (C=O) groups is 3. The van der Waals surface area contributed by atoms with Crippen molar-refractivity contribution in [1.29, 1.82) is 0 Å². The first-order chi connectivity index (χ1) is 16.4. The van der Waals surface area contributed by atoms with Crippen molar-refractivity contribution in [2.75, 3.05) is 0 Å². The number of ether oxygens (including phenoxy) is 1. The summed E-state index contributed by atoms with van der Waals surface area (Å²) in [5.74, 6) is -2.14. The Morgan fingerprint density at radius 3 is 2.41 bits per heavy atom. The summed E-state index contributed by atoms with van der Waals surface area (Å²) >= 11 is 0.